The summed E-state index contributed by atoms with van der Waals surface area (Å²) in [7, 11) is 1.48. The Morgan fingerprint density at radius 3 is 2.19 bits per heavy atom. The van der Waals surface area contributed by atoms with Gasteiger partial charge in [-0.05, 0) is 29.5 Å². The Bertz CT molecular complexity index is 597. The predicted octanol–water partition coefficient (Wildman–Crippen LogP) is 5.86. The highest BCUT2D eigenvalue weighted by molar-refractivity contribution is 9.50. The van der Waals surface area contributed by atoms with Crippen molar-refractivity contribution in [3.63, 3.8) is 0 Å². The van der Waals surface area contributed by atoms with E-state index in [4.69, 9.17) is 16.3 Å². The third-order valence-corrected chi connectivity index (χ3v) is 10.0. The highest BCUT2D eigenvalue weighted by atomic mass is 79.9. The number of rotatable bonds is 7. The molecule has 0 spiro atoms. The van der Waals surface area contributed by atoms with Gasteiger partial charge in [0.2, 0.25) is 0 Å². The number of hydrogen-bond donors (Lipinski definition) is 0. The standard InChI is InChI=1S/C15H17BrNOPS2/c1-2-19(20,18-15-11-7-4-8-12-15)17(21-16)13-14-9-5-3-6-10-14/h3-12H,2,13H2,1H3. The summed E-state index contributed by atoms with van der Waals surface area (Å²) in [6.07, 6.45) is -1.31. The van der Waals surface area contributed by atoms with Crippen LogP contribution in [0.5, 0.6) is 5.75 Å². The average molecular weight is 402 g/mol. The second-order valence-corrected chi connectivity index (χ2v) is 10.4. The smallest absolute Gasteiger partial charge is 0.191 e. The van der Waals surface area contributed by atoms with E-state index < -0.39 is 6.42 Å². The average Bonchev–Trinajstić information content (AvgIpc) is 2.54. The molecule has 0 aromatic heterocycles. The van der Waals surface area contributed by atoms with E-state index >= 15 is 0 Å². The van der Waals surface area contributed by atoms with Crippen molar-refractivity contribution in [2.75, 3.05) is 6.16 Å². The lowest BCUT2D eigenvalue weighted by Gasteiger charge is -2.31. The molecule has 0 bridgehead atoms. The lowest BCUT2D eigenvalue weighted by atomic mass is 10.2. The number of para-hydroxylation sites is 1. The van der Waals surface area contributed by atoms with Crippen LogP contribution in [0.1, 0.15) is 12.5 Å². The minimum absolute atomic E-state index is 0.759. The van der Waals surface area contributed by atoms with Gasteiger partial charge in [0.1, 0.15) is 5.75 Å². The van der Waals surface area contributed by atoms with E-state index in [2.05, 4.69) is 37.9 Å². The molecule has 1 atom stereocenters. The van der Waals surface area contributed by atoms with E-state index in [0.29, 0.717) is 0 Å². The van der Waals surface area contributed by atoms with Crippen molar-refractivity contribution in [1.29, 1.82) is 0 Å². The summed E-state index contributed by atoms with van der Waals surface area (Å²) in [5, 5.41) is 0. The largest absolute Gasteiger partial charge is 0.452 e. The Balaban J connectivity index is 2.18. The molecular formula is C15H17BrNOPS2. The van der Waals surface area contributed by atoms with Crippen LogP contribution >= 0.6 is 31.6 Å². The molecule has 0 aliphatic heterocycles. The topological polar surface area (TPSA) is 12.5 Å². The van der Waals surface area contributed by atoms with E-state index in [1.807, 2.05) is 48.5 Å². The van der Waals surface area contributed by atoms with Gasteiger partial charge < -0.3 is 4.52 Å². The predicted molar refractivity (Wildman–Crippen MR) is 100 cm³/mol. The zero-order valence-electron chi connectivity index (χ0n) is 11.7. The van der Waals surface area contributed by atoms with Crippen LogP contribution < -0.4 is 4.52 Å². The molecule has 0 heterocycles. The molecule has 0 aliphatic carbocycles. The molecule has 6 heteroatoms. The highest BCUT2D eigenvalue weighted by Crippen LogP contribution is 2.56. The van der Waals surface area contributed by atoms with Gasteiger partial charge in [-0.2, -0.15) is 4.08 Å². The van der Waals surface area contributed by atoms with Gasteiger partial charge >= 0.3 is 0 Å². The van der Waals surface area contributed by atoms with Crippen molar-refractivity contribution in [3.8, 4) is 5.75 Å². The van der Waals surface area contributed by atoms with Gasteiger partial charge in [-0.1, -0.05) is 55.5 Å². The molecule has 0 fully saturated rings. The van der Waals surface area contributed by atoms with Crippen LogP contribution in [0.4, 0.5) is 0 Å². The summed E-state index contributed by atoms with van der Waals surface area (Å²) in [6.45, 7) is 2.85. The fourth-order valence-corrected chi connectivity index (χ4v) is 7.91. The minimum atomic E-state index is -2.11. The molecule has 2 aromatic rings. The Kier molecular flexibility index (Phi) is 6.77. The lowest BCUT2D eigenvalue weighted by Crippen LogP contribution is -2.16. The van der Waals surface area contributed by atoms with Crippen molar-refractivity contribution >= 4 is 43.4 Å². The van der Waals surface area contributed by atoms with Crippen LogP contribution in [-0.2, 0) is 18.4 Å². The molecule has 0 saturated carbocycles. The van der Waals surface area contributed by atoms with Gasteiger partial charge in [0.25, 0.3) is 0 Å². The third kappa shape index (κ3) is 4.83. The van der Waals surface area contributed by atoms with Crippen LogP contribution in [0.15, 0.2) is 60.7 Å². The maximum absolute atomic E-state index is 6.18. The molecule has 21 heavy (non-hydrogen) atoms. The zero-order chi connectivity index (χ0) is 15.1. The van der Waals surface area contributed by atoms with Gasteiger partial charge in [0.05, 0.1) is 0 Å². The van der Waals surface area contributed by atoms with E-state index in [9.17, 15) is 0 Å². The van der Waals surface area contributed by atoms with Crippen LogP contribution in [-0.4, -0.2) is 10.2 Å². The summed E-state index contributed by atoms with van der Waals surface area (Å²) < 4.78 is 8.32. The quantitative estimate of drug-likeness (QED) is 0.425. The first-order valence-corrected chi connectivity index (χ1v) is 12.1. The minimum Gasteiger partial charge on any atom is -0.452 e. The van der Waals surface area contributed by atoms with Gasteiger partial charge in [0.15, 0.2) is 6.42 Å². The second kappa shape index (κ2) is 8.35. The molecule has 0 saturated heterocycles. The molecule has 0 amide bonds. The van der Waals surface area contributed by atoms with Crippen molar-refractivity contribution < 1.29 is 4.52 Å². The third-order valence-electron chi connectivity index (χ3n) is 2.97. The van der Waals surface area contributed by atoms with Crippen LogP contribution in [0.25, 0.3) is 0 Å². The van der Waals surface area contributed by atoms with Crippen molar-refractivity contribution in [2.24, 2.45) is 0 Å². The molecule has 2 nitrogen and oxygen atoms in total. The Morgan fingerprint density at radius 2 is 1.67 bits per heavy atom. The van der Waals surface area contributed by atoms with Crippen molar-refractivity contribution in [1.82, 2.24) is 4.08 Å². The molecular weight excluding hydrogens is 385 g/mol. The molecule has 112 valence electrons. The summed E-state index contributed by atoms with van der Waals surface area (Å²) in [5.41, 5.74) is 1.23. The van der Waals surface area contributed by atoms with Crippen LogP contribution in [0.3, 0.4) is 0 Å². The monoisotopic (exact) mass is 401 g/mol. The number of halogens is 1. The van der Waals surface area contributed by atoms with Crippen molar-refractivity contribution in [3.05, 3.63) is 66.2 Å². The van der Waals surface area contributed by atoms with E-state index in [-0.39, 0.29) is 0 Å². The number of nitrogens with zero attached hydrogens (tertiary/aromatic N) is 1. The Morgan fingerprint density at radius 1 is 1.10 bits per heavy atom. The normalized spacial score (nSPS) is 13.9. The van der Waals surface area contributed by atoms with Gasteiger partial charge in [-0.25, -0.2) is 0 Å². The molecule has 0 radical (unpaired) electrons. The first-order chi connectivity index (χ1) is 10.2. The summed E-state index contributed by atoms with van der Waals surface area (Å²) in [5.74, 6) is 0.835. The number of benzene rings is 2. The van der Waals surface area contributed by atoms with E-state index in [1.54, 1.807) is 0 Å². The molecule has 2 aromatic carbocycles. The van der Waals surface area contributed by atoms with Gasteiger partial charge in [0, 0.05) is 37.9 Å². The summed E-state index contributed by atoms with van der Waals surface area (Å²) in [6, 6.07) is 20.1. The van der Waals surface area contributed by atoms with Crippen LogP contribution in [0, 0.1) is 0 Å². The molecule has 0 N–H and O–H groups in total. The SMILES string of the molecule is CCP(=S)(Oc1ccccc1)N(Cc1ccccc1)SBr. The van der Waals surface area contributed by atoms with E-state index in [1.165, 1.54) is 15.9 Å². The number of hydrogen-bond acceptors (Lipinski definition) is 3. The zero-order valence-corrected chi connectivity index (χ0v) is 15.8. The maximum Gasteiger partial charge on any atom is 0.191 e. The van der Waals surface area contributed by atoms with Crippen molar-refractivity contribution in [2.45, 2.75) is 13.5 Å². The summed E-state index contributed by atoms with van der Waals surface area (Å²) >= 11 is 9.36. The Labute approximate surface area is 143 Å². The Hall–Kier alpha value is -0.320. The fourth-order valence-electron chi connectivity index (χ4n) is 1.83. The molecule has 2 rings (SSSR count). The second-order valence-electron chi connectivity index (χ2n) is 4.42. The van der Waals surface area contributed by atoms with E-state index in [0.717, 1.165) is 18.5 Å². The fraction of sp³-hybridized carbons (Fsp3) is 0.200. The summed E-state index contributed by atoms with van der Waals surface area (Å²) in [4.78, 5) is 0. The maximum atomic E-state index is 6.18. The van der Waals surface area contributed by atoms with Gasteiger partial charge in [-0.3, -0.25) is 0 Å². The lowest BCUT2D eigenvalue weighted by molar-refractivity contribution is 0.550. The first kappa shape index (κ1) is 17.0. The van der Waals surface area contributed by atoms with Gasteiger partial charge in [-0.15, -0.1) is 0 Å². The molecule has 0 aliphatic rings. The van der Waals surface area contributed by atoms with Crippen LogP contribution in [0.2, 0.25) is 0 Å². The highest BCUT2D eigenvalue weighted by Gasteiger charge is 2.27. The first-order valence-electron chi connectivity index (χ1n) is 6.62. The molecule has 1 unspecified atom stereocenters.